The molecule has 0 aromatic heterocycles. The number of rotatable bonds is 10. The molecule has 3 N–H and O–H groups in total. The molecule has 0 aliphatic heterocycles. The third-order valence-corrected chi connectivity index (χ3v) is 6.55. The van der Waals surface area contributed by atoms with E-state index in [1.165, 1.54) is 23.9 Å². The molecule has 0 aliphatic carbocycles. The van der Waals surface area contributed by atoms with E-state index in [1.807, 2.05) is 30.3 Å². The number of benzene rings is 3. The molecule has 0 spiro atoms. The Hall–Kier alpha value is -4.40. The highest BCUT2D eigenvalue weighted by Crippen LogP contribution is 2.29. The normalized spacial score (nSPS) is 12.2. The number of hydrogen-bond donors (Lipinski definition) is 3. The van der Waals surface area contributed by atoms with Gasteiger partial charge in [-0.25, -0.2) is 14.6 Å². The molecule has 0 aliphatic rings. The van der Waals surface area contributed by atoms with E-state index in [-0.39, 0.29) is 16.9 Å². The monoisotopic (exact) mass is 615 g/mol. The van der Waals surface area contributed by atoms with Crippen LogP contribution < -0.4 is 15.5 Å². The molecule has 0 saturated carbocycles. The number of nitrogens with one attached hydrogen (secondary N) is 2. The van der Waals surface area contributed by atoms with Gasteiger partial charge >= 0.3 is 24.5 Å². The zero-order valence-electron chi connectivity index (χ0n) is 21.4. The van der Waals surface area contributed by atoms with Gasteiger partial charge in [-0.2, -0.15) is 24.9 Å². The van der Waals surface area contributed by atoms with E-state index in [0.29, 0.717) is 22.9 Å². The summed E-state index contributed by atoms with van der Waals surface area (Å²) < 4.78 is 79.9. The Balaban J connectivity index is 1.76. The van der Waals surface area contributed by atoms with Crippen molar-refractivity contribution in [1.29, 1.82) is 0 Å². The molecule has 0 unspecified atom stereocenters. The molecular formula is C27H23F6N3O5S. The molecule has 224 valence electrons. The summed E-state index contributed by atoms with van der Waals surface area (Å²) in [5, 5.41) is 12.6. The summed E-state index contributed by atoms with van der Waals surface area (Å²) in [6, 6.07) is 14.0. The lowest BCUT2D eigenvalue weighted by Gasteiger charge is -2.26. The summed E-state index contributed by atoms with van der Waals surface area (Å²) in [5.74, 6) is -2.52. The van der Waals surface area contributed by atoms with Crippen LogP contribution in [0, 0.1) is 0 Å². The molecule has 42 heavy (non-hydrogen) atoms. The topological polar surface area (TPSA) is 108 Å². The van der Waals surface area contributed by atoms with Gasteiger partial charge in [-0.3, -0.25) is 10.2 Å². The predicted octanol–water partition coefficient (Wildman–Crippen LogP) is 5.85. The lowest BCUT2D eigenvalue weighted by Crippen LogP contribution is -2.54. The van der Waals surface area contributed by atoms with Gasteiger partial charge in [0.05, 0.1) is 12.1 Å². The first-order valence-electron chi connectivity index (χ1n) is 12.0. The molecule has 15 heteroatoms. The molecule has 8 nitrogen and oxygen atoms in total. The summed E-state index contributed by atoms with van der Waals surface area (Å²) in [6.45, 7) is -0.450. The maximum atomic E-state index is 13.1. The molecule has 3 aromatic carbocycles. The van der Waals surface area contributed by atoms with Gasteiger partial charge in [-0.05, 0) is 47.5 Å². The third kappa shape index (κ3) is 10.2. The minimum Gasteiger partial charge on any atom is -0.480 e. The van der Waals surface area contributed by atoms with Crippen LogP contribution in [0.4, 0.5) is 31.1 Å². The van der Waals surface area contributed by atoms with Gasteiger partial charge in [0.25, 0.3) is 5.91 Å². The quantitative estimate of drug-likeness (QED) is 0.195. The first-order valence-corrected chi connectivity index (χ1v) is 13.1. The van der Waals surface area contributed by atoms with Crippen molar-refractivity contribution in [2.45, 2.75) is 30.9 Å². The predicted molar refractivity (Wildman–Crippen MR) is 140 cm³/mol. The fourth-order valence-electron chi connectivity index (χ4n) is 3.41. The molecule has 3 aromatic rings. The van der Waals surface area contributed by atoms with Crippen LogP contribution in [0.25, 0.3) is 0 Å². The van der Waals surface area contributed by atoms with Crippen LogP contribution in [0.5, 0.6) is 5.75 Å². The van der Waals surface area contributed by atoms with Crippen molar-refractivity contribution in [3.8, 4) is 5.75 Å². The number of carbonyl (C=O) groups is 3. The van der Waals surface area contributed by atoms with Crippen LogP contribution in [0.3, 0.4) is 0 Å². The molecular weight excluding hydrogens is 592 g/mol. The highest BCUT2D eigenvalue weighted by atomic mass is 32.2. The highest BCUT2D eigenvalue weighted by molar-refractivity contribution is 7.98. The Morgan fingerprint density at radius 2 is 1.48 bits per heavy atom. The number of amides is 3. The SMILES string of the molecule is O=C(NN(Cc1ccc(OC(F)(F)F)cc1)C(=O)N[C@@H](CSCc1ccccc1)C(=O)O)c1ccc(C(F)(F)F)cc1. The van der Waals surface area contributed by atoms with E-state index in [0.717, 1.165) is 29.8 Å². The number of ether oxygens (including phenoxy) is 1. The largest absolute Gasteiger partial charge is 0.573 e. The fraction of sp³-hybridized carbons (Fsp3) is 0.222. The van der Waals surface area contributed by atoms with Gasteiger partial charge < -0.3 is 15.2 Å². The molecule has 0 saturated heterocycles. The Labute approximate surface area is 239 Å². The standard InChI is InChI=1S/C27H23F6N3O5S/c28-26(29,30)20-10-8-19(9-11-20)23(37)35-36(14-17-6-12-21(13-7-17)41-27(31,32)33)25(40)34-22(24(38)39)16-42-15-18-4-2-1-3-5-18/h1-13,22H,14-16H2,(H,34,40)(H,35,37)(H,38,39)/t22-/m0/s1. The van der Waals surface area contributed by atoms with E-state index >= 15 is 0 Å². The number of carboxylic acids is 1. The van der Waals surface area contributed by atoms with Crippen molar-refractivity contribution in [1.82, 2.24) is 15.8 Å². The first kappa shape index (κ1) is 32.1. The zero-order valence-corrected chi connectivity index (χ0v) is 22.2. The van der Waals surface area contributed by atoms with Gasteiger partial charge in [0, 0.05) is 17.1 Å². The lowest BCUT2D eigenvalue weighted by molar-refractivity contribution is -0.274. The van der Waals surface area contributed by atoms with Crippen LogP contribution >= 0.6 is 11.8 Å². The maximum absolute atomic E-state index is 13.1. The van der Waals surface area contributed by atoms with Crippen molar-refractivity contribution < 1.29 is 50.6 Å². The van der Waals surface area contributed by atoms with E-state index in [2.05, 4.69) is 15.5 Å². The molecule has 0 radical (unpaired) electrons. The average molecular weight is 616 g/mol. The number of urea groups is 1. The third-order valence-electron chi connectivity index (χ3n) is 5.45. The van der Waals surface area contributed by atoms with E-state index in [4.69, 9.17) is 0 Å². The number of carbonyl (C=O) groups excluding carboxylic acids is 2. The summed E-state index contributed by atoms with van der Waals surface area (Å²) in [5.41, 5.74) is 2.08. The second kappa shape index (κ2) is 14.0. The summed E-state index contributed by atoms with van der Waals surface area (Å²) >= 11 is 1.22. The molecule has 0 fully saturated rings. The lowest BCUT2D eigenvalue weighted by atomic mass is 10.1. The maximum Gasteiger partial charge on any atom is 0.573 e. The van der Waals surface area contributed by atoms with Crippen LogP contribution in [0.1, 0.15) is 27.0 Å². The number of nitrogens with zero attached hydrogens (tertiary/aromatic N) is 1. The van der Waals surface area contributed by atoms with Gasteiger partial charge in [0.1, 0.15) is 11.8 Å². The number of aliphatic carboxylic acids is 1. The van der Waals surface area contributed by atoms with Crippen molar-refractivity contribution in [3.05, 3.63) is 101 Å². The van der Waals surface area contributed by atoms with Gasteiger partial charge in [-0.1, -0.05) is 42.5 Å². The van der Waals surface area contributed by atoms with Gasteiger partial charge in [0.2, 0.25) is 0 Å². The number of carboxylic acid groups (broad SMARTS) is 1. The minimum atomic E-state index is -4.94. The summed E-state index contributed by atoms with van der Waals surface area (Å²) in [7, 11) is 0. The number of thioether (sulfide) groups is 1. The molecule has 0 bridgehead atoms. The molecule has 1 atom stereocenters. The summed E-state index contributed by atoms with van der Waals surface area (Å²) in [4.78, 5) is 37.7. The van der Waals surface area contributed by atoms with Gasteiger partial charge in [-0.15, -0.1) is 13.2 Å². The highest BCUT2D eigenvalue weighted by Gasteiger charge is 2.32. The van der Waals surface area contributed by atoms with Crippen molar-refractivity contribution in [3.63, 3.8) is 0 Å². The first-order chi connectivity index (χ1) is 19.7. The number of halogens is 6. The Morgan fingerprint density at radius 1 is 0.857 bits per heavy atom. The Kier molecular flexibility index (Phi) is 10.7. The average Bonchev–Trinajstić information content (AvgIpc) is 2.92. The van der Waals surface area contributed by atoms with E-state index in [9.17, 15) is 45.8 Å². The van der Waals surface area contributed by atoms with E-state index in [1.54, 1.807) is 0 Å². The van der Waals surface area contributed by atoms with Crippen molar-refractivity contribution in [2.75, 3.05) is 5.75 Å². The summed E-state index contributed by atoms with van der Waals surface area (Å²) in [6.07, 6.45) is -9.58. The smallest absolute Gasteiger partial charge is 0.480 e. The van der Waals surface area contributed by atoms with Crippen LogP contribution in [0.2, 0.25) is 0 Å². The fourth-order valence-corrected chi connectivity index (χ4v) is 4.42. The molecule has 3 rings (SSSR count). The molecule has 0 heterocycles. The van der Waals surface area contributed by atoms with Crippen LogP contribution in [-0.4, -0.2) is 46.2 Å². The van der Waals surface area contributed by atoms with Crippen LogP contribution in [-0.2, 0) is 23.3 Å². The zero-order chi connectivity index (χ0) is 30.9. The number of hydrazine groups is 1. The Morgan fingerprint density at radius 3 is 2.02 bits per heavy atom. The minimum absolute atomic E-state index is 0.0554. The number of alkyl halides is 6. The van der Waals surface area contributed by atoms with E-state index < -0.39 is 54.3 Å². The Bertz CT molecular complexity index is 1350. The second-order valence-corrected chi connectivity index (χ2v) is 9.67. The van der Waals surface area contributed by atoms with Gasteiger partial charge in [0.15, 0.2) is 0 Å². The molecule has 3 amide bonds. The second-order valence-electron chi connectivity index (χ2n) is 8.63. The van der Waals surface area contributed by atoms with Crippen molar-refractivity contribution >= 4 is 29.7 Å². The van der Waals surface area contributed by atoms with Crippen molar-refractivity contribution in [2.24, 2.45) is 0 Å². The van der Waals surface area contributed by atoms with Crippen LogP contribution in [0.15, 0.2) is 78.9 Å². The number of hydrogen-bond acceptors (Lipinski definition) is 5.